The first-order valence-electron chi connectivity index (χ1n) is 6.21. The summed E-state index contributed by atoms with van der Waals surface area (Å²) in [5, 5.41) is 3.14. The lowest BCUT2D eigenvalue weighted by atomic mass is 10.0. The minimum atomic E-state index is -0.0237. The Hall–Kier alpha value is -0.650. The minimum absolute atomic E-state index is 0.0237. The monoisotopic (exact) mass is 243 g/mol. The summed E-state index contributed by atoms with van der Waals surface area (Å²) in [6.07, 6.45) is 1.01. The Bertz CT molecular complexity index is 246. The van der Waals surface area contributed by atoms with Gasteiger partial charge in [-0.25, -0.2) is 0 Å². The van der Waals surface area contributed by atoms with Gasteiger partial charge in [-0.1, -0.05) is 0 Å². The molecule has 0 aromatic heterocycles. The number of ether oxygens (including phenoxy) is 1. The highest BCUT2D eigenvalue weighted by molar-refractivity contribution is 5.79. The fourth-order valence-corrected chi connectivity index (χ4v) is 2.10. The minimum Gasteiger partial charge on any atom is -0.379 e. The maximum atomic E-state index is 12.2. The predicted octanol–water partition coefficient (Wildman–Crippen LogP) is -0.369. The molecule has 5 heteroatoms. The number of carbonyl (C=O) groups excluding carboxylic acids is 1. The van der Waals surface area contributed by atoms with Gasteiger partial charge in [0.25, 0.3) is 0 Å². The van der Waals surface area contributed by atoms with Crippen LogP contribution in [0.1, 0.15) is 6.42 Å². The van der Waals surface area contributed by atoms with Crippen LogP contribution in [0.2, 0.25) is 0 Å². The standard InChI is InChI=1S/C12H25N3O2/c1-13-11-9-17-8-10(11)12(16)15(4)7-5-6-14(2)3/h10-11,13H,5-9H2,1-4H3. The lowest BCUT2D eigenvalue weighted by molar-refractivity contribution is -0.134. The topological polar surface area (TPSA) is 44.8 Å². The molecule has 5 nitrogen and oxygen atoms in total. The molecule has 0 aliphatic carbocycles. The Labute approximate surface area is 104 Å². The molecule has 0 bridgehead atoms. The average Bonchev–Trinajstić information content (AvgIpc) is 2.75. The lowest BCUT2D eigenvalue weighted by Gasteiger charge is -2.24. The molecule has 1 rings (SSSR count). The second-order valence-corrected chi connectivity index (χ2v) is 4.96. The van der Waals surface area contributed by atoms with Gasteiger partial charge in [0, 0.05) is 19.6 Å². The Kier molecular flexibility index (Phi) is 5.88. The van der Waals surface area contributed by atoms with Gasteiger partial charge in [-0.2, -0.15) is 0 Å². The zero-order valence-corrected chi connectivity index (χ0v) is 11.4. The molecule has 1 amide bonds. The van der Waals surface area contributed by atoms with E-state index in [-0.39, 0.29) is 17.9 Å². The number of nitrogens with one attached hydrogen (secondary N) is 1. The summed E-state index contributed by atoms with van der Waals surface area (Å²) in [5.41, 5.74) is 0. The molecule has 0 aromatic rings. The molecule has 1 aliphatic rings. The summed E-state index contributed by atoms with van der Waals surface area (Å²) in [6.45, 7) is 3.00. The summed E-state index contributed by atoms with van der Waals surface area (Å²) in [6, 6.07) is 0.166. The van der Waals surface area contributed by atoms with Crippen molar-refractivity contribution in [3.63, 3.8) is 0 Å². The van der Waals surface area contributed by atoms with E-state index in [1.165, 1.54) is 0 Å². The second kappa shape index (κ2) is 6.93. The summed E-state index contributed by atoms with van der Waals surface area (Å²) >= 11 is 0. The normalized spacial score (nSPS) is 24.3. The molecule has 1 heterocycles. The van der Waals surface area contributed by atoms with Gasteiger partial charge in [0.15, 0.2) is 0 Å². The third kappa shape index (κ3) is 4.26. The average molecular weight is 243 g/mol. The molecule has 1 N–H and O–H groups in total. The SMILES string of the molecule is CNC1COCC1C(=O)N(C)CCCN(C)C. The molecule has 0 aromatic carbocycles. The summed E-state index contributed by atoms with van der Waals surface area (Å²) in [7, 11) is 7.85. The van der Waals surface area contributed by atoms with Crippen molar-refractivity contribution in [3.05, 3.63) is 0 Å². The molecule has 1 saturated heterocycles. The van der Waals surface area contributed by atoms with Gasteiger partial charge >= 0.3 is 0 Å². The van der Waals surface area contributed by atoms with Crippen LogP contribution in [0.25, 0.3) is 0 Å². The van der Waals surface area contributed by atoms with Crippen molar-refractivity contribution in [1.29, 1.82) is 0 Å². The maximum absolute atomic E-state index is 12.2. The van der Waals surface area contributed by atoms with Gasteiger partial charge < -0.3 is 19.9 Å². The van der Waals surface area contributed by atoms with Crippen molar-refractivity contribution in [1.82, 2.24) is 15.1 Å². The zero-order chi connectivity index (χ0) is 12.8. The number of carbonyl (C=O) groups is 1. The van der Waals surface area contributed by atoms with Crippen LogP contribution in [0.5, 0.6) is 0 Å². The highest BCUT2D eigenvalue weighted by atomic mass is 16.5. The van der Waals surface area contributed by atoms with Crippen LogP contribution in [-0.4, -0.2) is 76.2 Å². The molecular formula is C12H25N3O2. The third-order valence-electron chi connectivity index (χ3n) is 3.24. The van der Waals surface area contributed by atoms with Crippen LogP contribution in [-0.2, 0) is 9.53 Å². The molecule has 0 radical (unpaired) electrons. The van der Waals surface area contributed by atoms with Crippen LogP contribution < -0.4 is 5.32 Å². The number of amides is 1. The Morgan fingerprint density at radius 1 is 1.29 bits per heavy atom. The summed E-state index contributed by atoms with van der Waals surface area (Å²) in [5.74, 6) is 0.171. The first-order valence-corrected chi connectivity index (χ1v) is 6.21. The molecule has 1 aliphatic heterocycles. The molecule has 2 atom stereocenters. The van der Waals surface area contributed by atoms with Crippen molar-refractivity contribution in [2.24, 2.45) is 5.92 Å². The van der Waals surface area contributed by atoms with Crippen LogP contribution in [0.15, 0.2) is 0 Å². The van der Waals surface area contributed by atoms with Crippen molar-refractivity contribution in [3.8, 4) is 0 Å². The van der Waals surface area contributed by atoms with E-state index in [4.69, 9.17) is 4.74 Å². The van der Waals surface area contributed by atoms with Gasteiger partial charge in [0.2, 0.25) is 5.91 Å². The summed E-state index contributed by atoms with van der Waals surface area (Å²) in [4.78, 5) is 16.1. The molecular weight excluding hydrogens is 218 g/mol. The first-order chi connectivity index (χ1) is 8.06. The van der Waals surface area contributed by atoms with Gasteiger partial charge in [0.1, 0.15) is 0 Å². The third-order valence-corrected chi connectivity index (χ3v) is 3.24. The van der Waals surface area contributed by atoms with E-state index in [1.54, 1.807) is 0 Å². The van der Waals surface area contributed by atoms with E-state index in [9.17, 15) is 4.79 Å². The van der Waals surface area contributed by atoms with Crippen molar-refractivity contribution in [2.45, 2.75) is 12.5 Å². The predicted molar refractivity (Wildman–Crippen MR) is 68.0 cm³/mol. The van der Waals surface area contributed by atoms with E-state index < -0.39 is 0 Å². The number of hydrogen-bond acceptors (Lipinski definition) is 4. The van der Waals surface area contributed by atoms with Crippen LogP contribution in [0, 0.1) is 5.92 Å². The van der Waals surface area contributed by atoms with Crippen molar-refractivity contribution < 1.29 is 9.53 Å². The highest BCUT2D eigenvalue weighted by Crippen LogP contribution is 2.15. The number of hydrogen-bond donors (Lipinski definition) is 1. The van der Waals surface area contributed by atoms with Crippen molar-refractivity contribution >= 4 is 5.91 Å². The van der Waals surface area contributed by atoms with Gasteiger partial charge in [-0.05, 0) is 34.1 Å². The summed E-state index contributed by atoms with van der Waals surface area (Å²) < 4.78 is 5.36. The van der Waals surface area contributed by atoms with Gasteiger partial charge in [-0.3, -0.25) is 4.79 Å². The quantitative estimate of drug-likeness (QED) is 0.691. The van der Waals surface area contributed by atoms with Gasteiger partial charge in [0.05, 0.1) is 19.1 Å². The van der Waals surface area contributed by atoms with E-state index in [1.807, 2.05) is 33.1 Å². The molecule has 1 fully saturated rings. The van der Waals surface area contributed by atoms with Crippen LogP contribution in [0.4, 0.5) is 0 Å². The molecule has 2 unspecified atom stereocenters. The first kappa shape index (κ1) is 14.4. The van der Waals surface area contributed by atoms with E-state index in [0.717, 1.165) is 19.5 Å². The Balaban J connectivity index is 2.35. The Morgan fingerprint density at radius 2 is 2.00 bits per heavy atom. The molecule has 100 valence electrons. The number of rotatable bonds is 6. The maximum Gasteiger partial charge on any atom is 0.229 e. The van der Waals surface area contributed by atoms with E-state index in [0.29, 0.717) is 13.2 Å². The fraction of sp³-hybridized carbons (Fsp3) is 0.917. The lowest BCUT2D eigenvalue weighted by Crippen LogP contribution is -2.43. The molecule has 17 heavy (non-hydrogen) atoms. The van der Waals surface area contributed by atoms with Crippen molar-refractivity contribution in [2.75, 3.05) is 54.5 Å². The fourth-order valence-electron chi connectivity index (χ4n) is 2.10. The second-order valence-electron chi connectivity index (χ2n) is 4.96. The van der Waals surface area contributed by atoms with E-state index in [2.05, 4.69) is 10.2 Å². The molecule has 0 saturated carbocycles. The molecule has 0 spiro atoms. The van der Waals surface area contributed by atoms with Crippen LogP contribution >= 0.6 is 0 Å². The van der Waals surface area contributed by atoms with Crippen LogP contribution in [0.3, 0.4) is 0 Å². The largest absolute Gasteiger partial charge is 0.379 e. The number of nitrogens with zero attached hydrogens (tertiary/aromatic N) is 2. The zero-order valence-electron chi connectivity index (χ0n) is 11.4. The van der Waals surface area contributed by atoms with Gasteiger partial charge in [-0.15, -0.1) is 0 Å². The Morgan fingerprint density at radius 3 is 2.59 bits per heavy atom. The smallest absolute Gasteiger partial charge is 0.229 e. The highest BCUT2D eigenvalue weighted by Gasteiger charge is 2.34. The number of likely N-dealkylation sites (N-methyl/N-ethyl adjacent to an activating group) is 1. The van der Waals surface area contributed by atoms with E-state index >= 15 is 0 Å².